The third kappa shape index (κ3) is 3.23. The second-order valence-electron chi connectivity index (χ2n) is 4.24. The van der Waals surface area contributed by atoms with E-state index >= 15 is 0 Å². The molecule has 96 valence electrons. The van der Waals surface area contributed by atoms with Crippen molar-refractivity contribution < 1.29 is 9.90 Å². The van der Waals surface area contributed by atoms with Crippen LogP contribution in [0.15, 0.2) is 0 Å². The van der Waals surface area contributed by atoms with Gasteiger partial charge in [-0.2, -0.15) is 0 Å². The van der Waals surface area contributed by atoms with Crippen molar-refractivity contribution in [1.29, 1.82) is 0 Å². The molecule has 2 N–H and O–H groups in total. The standard InChI is InChI=1S/C11H19N3O2S/c1-4-11(5-2,7-15)6-12-10(16)9-8(3)13-14-17-9/h15H,4-7H2,1-3H3,(H,12,16). The number of hydrogen-bond donors (Lipinski definition) is 2. The van der Waals surface area contributed by atoms with Gasteiger partial charge in [-0.1, -0.05) is 18.3 Å². The van der Waals surface area contributed by atoms with E-state index in [-0.39, 0.29) is 17.9 Å². The Bertz CT molecular complexity index is 366. The van der Waals surface area contributed by atoms with Crippen molar-refractivity contribution in [3.05, 3.63) is 10.6 Å². The van der Waals surface area contributed by atoms with Crippen LogP contribution in [0.4, 0.5) is 0 Å². The van der Waals surface area contributed by atoms with Crippen molar-refractivity contribution >= 4 is 17.4 Å². The number of rotatable bonds is 6. The first-order valence-electron chi connectivity index (χ1n) is 5.76. The van der Waals surface area contributed by atoms with Crippen LogP contribution in [-0.4, -0.2) is 33.8 Å². The van der Waals surface area contributed by atoms with Crippen molar-refractivity contribution in [2.75, 3.05) is 13.2 Å². The fourth-order valence-electron chi connectivity index (χ4n) is 1.57. The summed E-state index contributed by atoms with van der Waals surface area (Å²) in [5.41, 5.74) is 0.428. The fraction of sp³-hybridized carbons (Fsp3) is 0.727. The zero-order valence-electron chi connectivity index (χ0n) is 10.5. The molecule has 0 aromatic carbocycles. The third-order valence-corrected chi connectivity index (χ3v) is 4.14. The molecule has 17 heavy (non-hydrogen) atoms. The Balaban J connectivity index is 2.62. The highest BCUT2D eigenvalue weighted by Crippen LogP contribution is 2.24. The maximum absolute atomic E-state index is 11.9. The second-order valence-corrected chi connectivity index (χ2v) is 4.99. The topological polar surface area (TPSA) is 75.1 Å². The molecule has 5 nitrogen and oxygen atoms in total. The molecule has 0 bridgehead atoms. The molecule has 0 saturated heterocycles. The van der Waals surface area contributed by atoms with Crippen LogP contribution in [0.3, 0.4) is 0 Å². The molecule has 0 atom stereocenters. The number of aliphatic hydroxyl groups excluding tert-OH is 1. The number of aliphatic hydroxyl groups is 1. The van der Waals surface area contributed by atoms with E-state index in [0.29, 0.717) is 17.1 Å². The average molecular weight is 257 g/mol. The van der Waals surface area contributed by atoms with E-state index in [9.17, 15) is 9.90 Å². The lowest BCUT2D eigenvalue weighted by Gasteiger charge is -2.29. The number of carbonyl (C=O) groups is 1. The first kappa shape index (κ1) is 14.1. The van der Waals surface area contributed by atoms with Gasteiger partial charge in [-0.15, -0.1) is 5.10 Å². The maximum Gasteiger partial charge on any atom is 0.264 e. The summed E-state index contributed by atoms with van der Waals surface area (Å²) in [5, 5.41) is 16.1. The van der Waals surface area contributed by atoms with Gasteiger partial charge in [-0.05, 0) is 31.3 Å². The van der Waals surface area contributed by atoms with Crippen LogP contribution in [-0.2, 0) is 0 Å². The molecule has 0 saturated carbocycles. The summed E-state index contributed by atoms with van der Waals surface area (Å²) in [6, 6.07) is 0. The number of nitrogens with zero attached hydrogens (tertiary/aromatic N) is 2. The van der Waals surface area contributed by atoms with Gasteiger partial charge in [0.25, 0.3) is 5.91 Å². The van der Waals surface area contributed by atoms with Crippen LogP contribution in [0.25, 0.3) is 0 Å². The molecular weight excluding hydrogens is 238 g/mol. The summed E-state index contributed by atoms with van der Waals surface area (Å²) in [7, 11) is 0. The van der Waals surface area contributed by atoms with Gasteiger partial charge in [0.1, 0.15) is 4.88 Å². The lowest BCUT2D eigenvalue weighted by molar-refractivity contribution is 0.0854. The average Bonchev–Trinajstić information content (AvgIpc) is 2.78. The second kappa shape index (κ2) is 6.07. The molecule has 0 unspecified atom stereocenters. The first-order chi connectivity index (χ1) is 8.08. The Morgan fingerprint density at radius 2 is 2.12 bits per heavy atom. The summed E-state index contributed by atoms with van der Waals surface area (Å²) in [6.07, 6.45) is 1.67. The van der Waals surface area contributed by atoms with Crippen LogP contribution in [0.5, 0.6) is 0 Å². The van der Waals surface area contributed by atoms with Crippen LogP contribution >= 0.6 is 11.5 Å². The quantitative estimate of drug-likeness (QED) is 0.807. The molecule has 6 heteroatoms. The minimum atomic E-state index is -0.221. The first-order valence-corrected chi connectivity index (χ1v) is 6.54. The van der Waals surface area contributed by atoms with Crippen molar-refractivity contribution in [2.45, 2.75) is 33.6 Å². The van der Waals surface area contributed by atoms with Gasteiger partial charge in [0.05, 0.1) is 12.3 Å². The minimum Gasteiger partial charge on any atom is -0.396 e. The van der Waals surface area contributed by atoms with E-state index in [4.69, 9.17) is 0 Å². The summed E-state index contributed by atoms with van der Waals surface area (Å²) in [5.74, 6) is -0.155. The number of aryl methyl sites for hydroxylation is 1. The molecular formula is C11H19N3O2S. The highest BCUT2D eigenvalue weighted by atomic mass is 32.1. The summed E-state index contributed by atoms with van der Waals surface area (Å²) in [6.45, 7) is 6.36. The Morgan fingerprint density at radius 1 is 1.47 bits per heavy atom. The molecule has 0 spiro atoms. The SMILES string of the molecule is CCC(CC)(CO)CNC(=O)c1snnc1C. The molecule has 1 aromatic heterocycles. The van der Waals surface area contributed by atoms with Crippen molar-refractivity contribution in [3.63, 3.8) is 0 Å². The van der Waals surface area contributed by atoms with E-state index in [0.717, 1.165) is 24.4 Å². The van der Waals surface area contributed by atoms with E-state index in [1.54, 1.807) is 6.92 Å². The number of hydrogen-bond acceptors (Lipinski definition) is 5. The van der Waals surface area contributed by atoms with Crippen LogP contribution in [0.1, 0.15) is 42.1 Å². The highest BCUT2D eigenvalue weighted by molar-refractivity contribution is 7.07. The minimum absolute atomic E-state index is 0.0835. The monoisotopic (exact) mass is 257 g/mol. The zero-order valence-corrected chi connectivity index (χ0v) is 11.3. The largest absolute Gasteiger partial charge is 0.396 e. The molecule has 1 aromatic rings. The Kier molecular flexibility index (Phi) is 5.02. The van der Waals surface area contributed by atoms with Gasteiger partial charge in [-0.25, -0.2) is 0 Å². The number of nitrogens with one attached hydrogen (secondary N) is 1. The number of amides is 1. The lowest BCUT2D eigenvalue weighted by Crippen LogP contribution is -2.39. The van der Waals surface area contributed by atoms with Gasteiger partial charge in [0.15, 0.2) is 0 Å². The number of aromatic nitrogens is 2. The van der Waals surface area contributed by atoms with Crippen molar-refractivity contribution in [2.24, 2.45) is 5.41 Å². The van der Waals surface area contributed by atoms with Gasteiger partial charge >= 0.3 is 0 Å². The third-order valence-electron chi connectivity index (χ3n) is 3.32. The molecule has 0 aliphatic heterocycles. The Hall–Kier alpha value is -1.01. The predicted octanol–water partition coefficient (Wildman–Crippen LogP) is 1.38. The smallest absolute Gasteiger partial charge is 0.264 e. The van der Waals surface area contributed by atoms with E-state index in [1.165, 1.54) is 0 Å². The zero-order chi connectivity index (χ0) is 12.9. The van der Waals surface area contributed by atoms with E-state index in [1.807, 2.05) is 13.8 Å². The maximum atomic E-state index is 11.9. The number of carbonyl (C=O) groups excluding carboxylic acids is 1. The molecule has 0 aliphatic carbocycles. The van der Waals surface area contributed by atoms with Gasteiger partial charge in [-0.3, -0.25) is 4.79 Å². The van der Waals surface area contributed by atoms with Crippen molar-refractivity contribution in [1.82, 2.24) is 14.9 Å². The van der Waals surface area contributed by atoms with Gasteiger partial charge in [0, 0.05) is 12.0 Å². The molecule has 1 amide bonds. The molecule has 1 heterocycles. The lowest BCUT2D eigenvalue weighted by atomic mass is 9.83. The summed E-state index contributed by atoms with van der Waals surface area (Å²) in [4.78, 5) is 12.4. The van der Waals surface area contributed by atoms with E-state index in [2.05, 4.69) is 14.9 Å². The molecule has 0 fully saturated rings. The summed E-state index contributed by atoms with van der Waals surface area (Å²) >= 11 is 1.10. The molecule has 1 rings (SSSR count). The van der Waals surface area contributed by atoms with Crippen LogP contribution < -0.4 is 5.32 Å². The van der Waals surface area contributed by atoms with Crippen LogP contribution in [0, 0.1) is 12.3 Å². The van der Waals surface area contributed by atoms with E-state index < -0.39 is 0 Å². The van der Waals surface area contributed by atoms with Crippen molar-refractivity contribution in [3.8, 4) is 0 Å². The highest BCUT2D eigenvalue weighted by Gasteiger charge is 2.26. The van der Waals surface area contributed by atoms with Gasteiger partial charge < -0.3 is 10.4 Å². The Morgan fingerprint density at radius 3 is 2.53 bits per heavy atom. The predicted molar refractivity (Wildman–Crippen MR) is 67.1 cm³/mol. The Labute approximate surface area is 105 Å². The van der Waals surface area contributed by atoms with Gasteiger partial charge in [0.2, 0.25) is 0 Å². The molecule has 0 aliphatic rings. The fourth-order valence-corrected chi connectivity index (χ4v) is 2.14. The normalized spacial score (nSPS) is 11.5. The summed E-state index contributed by atoms with van der Waals surface area (Å²) < 4.78 is 3.73. The van der Waals surface area contributed by atoms with Crippen LogP contribution in [0.2, 0.25) is 0 Å². The molecule has 0 radical (unpaired) electrons.